The van der Waals surface area contributed by atoms with E-state index in [-0.39, 0.29) is 0 Å². The second kappa shape index (κ2) is 10.0. The number of hydrogen-bond acceptors (Lipinski definition) is 3. The van der Waals surface area contributed by atoms with Crippen LogP contribution in [0.5, 0.6) is 5.75 Å². The van der Waals surface area contributed by atoms with Crippen molar-refractivity contribution in [2.75, 3.05) is 40.3 Å². The van der Waals surface area contributed by atoms with Crippen molar-refractivity contribution in [2.45, 2.75) is 20.3 Å². The zero-order valence-electron chi connectivity index (χ0n) is 14.2. The van der Waals surface area contributed by atoms with E-state index in [0.717, 1.165) is 44.8 Å². The topological polar surface area (TPSA) is 32.8 Å². The number of amides is 1. The highest BCUT2D eigenvalue weighted by molar-refractivity contribution is 5.68. The van der Waals surface area contributed by atoms with Crippen molar-refractivity contribution >= 4 is 12.0 Å². The number of hydrogen-bond donors (Lipinski definition) is 0. The van der Waals surface area contributed by atoms with Gasteiger partial charge in [0.15, 0.2) is 0 Å². The Labute approximate surface area is 134 Å². The van der Waals surface area contributed by atoms with E-state index in [1.165, 1.54) is 11.1 Å². The molecule has 1 aliphatic heterocycles. The standard InChI is InChI=1S/C13H17NO.C5H11NO/c1-14-8-4-6-12(10-14)11-5-3-7-13(9-11)15-2;1-3-6(4-2)5-7/h3,5-7,9H,4,8,10H2,1-2H3;5H,3-4H2,1-2H3. The van der Waals surface area contributed by atoms with Crippen LogP contribution in [0, 0.1) is 0 Å². The van der Waals surface area contributed by atoms with Gasteiger partial charge >= 0.3 is 0 Å². The fraction of sp³-hybridized carbons (Fsp3) is 0.500. The summed E-state index contributed by atoms with van der Waals surface area (Å²) in [5.41, 5.74) is 2.68. The number of rotatable bonds is 5. The van der Waals surface area contributed by atoms with E-state index in [1.807, 2.05) is 26.0 Å². The molecule has 0 radical (unpaired) electrons. The summed E-state index contributed by atoms with van der Waals surface area (Å²) in [7, 11) is 3.87. The first-order valence-corrected chi connectivity index (χ1v) is 7.85. The molecule has 1 aromatic carbocycles. The maximum Gasteiger partial charge on any atom is 0.209 e. The van der Waals surface area contributed by atoms with Gasteiger partial charge in [0.1, 0.15) is 5.75 Å². The third-order valence-corrected chi connectivity index (χ3v) is 3.74. The summed E-state index contributed by atoms with van der Waals surface area (Å²) in [6, 6.07) is 8.28. The van der Waals surface area contributed by atoms with Gasteiger partial charge in [0.05, 0.1) is 7.11 Å². The van der Waals surface area contributed by atoms with Gasteiger partial charge in [-0.25, -0.2) is 0 Å². The van der Waals surface area contributed by atoms with Crippen molar-refractivity contribution in [1.82, 2.24) is 9.80 Å². The summed E-state index contributed by atoms with van der Waals surface area (Å²) in [5, 5.41) is 0. The van der Waals surface area contributed by atoms with Crippen LogP contribution in [0.25, 0.3) is 5.57 Å². The highest BCUT2D eigenvalue weighted by atomic mass is 16.5. The lowest BCUT2D eigenvalue weighted by molar-refractivity contribution is -0.117. The first-order chi connectivity index (χ1) is 10.6. The zero-order chi connectivity index (χ0) is 16.4. The van der Waals surface area contributed by atoms with E-state index in [2.05, 4.69) is 30.2 Å². The molecule has 0 saturated carbocycles. The Morgan fingerprint density at radius 1 is 1.32 bits per heavy atom. The largest absolute Gasteiger partial charge is 0.497 e. The lowest BCUT2D eigenvalue weighted by Crippen LogP contribution is -2.24. The highest BCUT2D eigenvalue weighted by Gasteiger charge is 2.10. The van der Waals surface area contributed by atoms with E-state index in [0.29, 0.717) is 0 Å². The van der Waals surface area contributed by atoms with Crippen LogP contribution < -0.4 is 4.74 Å². The Kier molecular flexibility index (Phi) is 8.30. The third kappa shape index (κ3) is 5.90. The number of carbonyl (C=O) groups is 1. The number of nitrogens with zero attached hydrogens (tertiary/aromatic N) is 2. The maximum atomic E-state index is 9.89. The molecule has 0 fully saturated rings. The first kappa shape index (κ1) is 18.2. The van der Waals surface area contributed by atoms with Gasteiger partial charge in [-0.1, -0.05) is 18.2 Å². The van der Waals surface area contributed by atoms with Crippen molar-refractivity contribution in [2.24, 2.45) is 0 Å². The van der Waals surface area contributed by atoms with Crippen LogP contribution in [-0.2, 0) is 4.79 Å². The molecule has 22 heavy (non-hydrogen) atoms. The molecule has 122 valence electrons. The van der Waals surface area contributed by atoms with Gasteiger partial charge in [-0.15, -0.1) is 0 Å². The van der Waals surface area contributed by atoms with Gasteiger partial charge in [-0.2, -0.15) is 0 Å². The lowest BCUT2D eigenvalue weighted by Gasteiger charge is -2.23. The van der Waals surface area contributed by atoms with E-state index < -0.39 is 0 Å². The summed E-state index contributed by atoms with van der Waals surface area (Å²) in [6.45, 7) is 7.75. The monoisotopic (exact) mass is 304 g/mol. The third-order valence-electron chi connectivity index (χ3n) is 3.74. The van der Waals surface area contributed by atoms with Gasteiger partial charge in [0, 0.05) is 26.2 Å². The normalized spacial score (nSPS) is 14.5. The molecular weight excluding hydrogens is 276 g/mol. The molecule has 0 saturated heterocycles. The molecular formula is C18H28N2O2. The fourth-order valence-corrected chi connectivity index (χ4v) is 2.30. The SMILES string of the molecule is CCN(C=O)CC.COc1cccc(C2=CCCN(C)C2)c1. The van der Waals surface area contributed by atoms with Crippen LogP contribution >= 0.6 is 0 Å². The molecule has 4 heteroatoms. The van der Waals surface area contributed by atoms with Crippen LogP contribution in [0.2, 0.25) is 0 Å². The quantitative estimate of drug-likeness (QED) is 0.784. The van der Waals surface area contributed by atoms with Gasteiger partial charge < -0.3 is 14.5 Å². The molecule has 1 aromatic rings. The van der Waals surface area contributed by atoms with Crippen molar-refractivity contribution in [3.63, 3.8) is 0 Å². The summed E-state index contributed by atoms with van der Waals surface area (Å²) in [6.07, 6.45) is 4.33. The predicted octanol–water partition coefficient (Wildman–Crippen LogP) is 2.90. The van der Waals surface area contributed by atoms with Crippen LogP contribution in [0.1, 0.15) is 25.8 Å². The zero-order valence-corrected chi connectivity index (χ0v) is 14.2. The second-order valence-electron chi connectivity index (χ2n) is 5.31. The first-order valence-electron chi connectivity index (χ1n) is 7.85. The number of methoxy groups -OCH3 is 1. The minimum atomic E-state index is 0.819. The molecule has 0 N–H and O–H groups in total. The van der Waals surface area contributed by atoms with Crippen molar-refractivity contribution in [3.05, 3.63) is 35.9 Å². The van der Waals surface area contributed by atoms with Gasteiger partial charge in [0.2, 0.25) is 6.41 Å². The summed E-state index contributed by atoms with van der Waals surface area (Å²) in [5.74, 6) is 0.932. The van der Waals surface area contributed by atoms with Gasteiger partial charge in [-0.3, -0.25) is 4.79 Å². The van der Waals surface area contributed by atoms with E-state index in [1.54, 1.807) is 12.0 Å². The predicted molar refractivity (Wildman–Crippen MR) is 92.1 cm³/mol. The molecule has 0 unspecified atom stereocenters. The van der Waals surface area contributed by atoms with Crippen molar-refractivity contribution in [3.8, 4) is 5.75 Å². The van der Waals surface area contributed by atoms with Crippen LogP contribution in [-0.4, -0.2) is 56.5 Å². The number of benzene rings is 1. The molecule has 2 rings (SSSR count). The maximum absolute atomic E-state index is 9.89. The minimum Gasteiger partial charge on any atom is -0.497 e. The summed E-state index contributed by atoms with van der Waals surface area (Å²) < 4.78 is 5.23. The highest BCUT2D eigenvalue weighted by Crippen LogP contribution is 2.23. The van der Waals surface area contributed by atoms with Crippen molar-refractivity contribution < 1.29 is 9.53 Å². The van der Waals surface area contributed by atoms with E-state index in [4.69, 9.17) is 4.74 Å². The Morgan fingerprint density at radius 2 is 2.05 bits per heavy atom. The smallest absolute Gasteiger partial charge is 0.209 e. The molecule has 0 spiro atoms. The Bertz CT molecular complexity index is 482. The average Bonchev–Trinajstić information content (AvgIpc) is 2.57. The molecule has 0 aliphatic carbocycles. The van der Waals surface area contributed by atoms with E-state index >= 15 is 0 Å². The average molecular weight is 304 g/mol. The minimum absolute atomic E-state index is 0.819. The Morgan fingerprint density at radius 3 is 2.55 bits per heavy atom. The summed E-state index contributed by atoms with van der Waals surface area (Å²) in [4.78, 5) is 13.9. The number of ether oxygens (including phenoxy) is 1. The molecule has 0 aromatic heterocycles. The van der Waals surface area contributed by atoms with Crippen LogP contribution in [0.4, 0.5) is 0 Å². The van der Waals surface area contributed by atoms with Crippen LogP contribution in [0.15, 0.2) is 30.3 Å². The van der Waals surface area contributed by atoms with Gasteiger partial charge in [0.25, 0.3) is 0 Å². The number of likely N-dealkylation sites (N-methyl/N-ethyl adjacent to an activating group) is 1. The Hall–Kier alpha value is -1.81. The summed E-state index contributed by atoms with van der Waals surface area (Å²) >= 11 is 0. The molecule has 4 nitrogen and oxygen atoms in total. The number of carbonyl (C=O) groups excluding carboxylic acids is 1. The van der Waals surface area contributed by atoms with E-state index in [9.17, 15) is 4.79 Å². The van der Waals surface area contributed by atoms with Crippen LogP contribution in [0.3, 0.4) is 0 Å². The molecule has 1 aliphatic rings. The second-order valence-corrected chi connectivity index (χ2v) is 5.31. The molecule has 0 bridgehead atoms. The molecule has 1 amide bonds. The molecule has 1 heterocycles. The van der Waals surface area contributed by atoms with Gasteiger partial charge in [-0.05, 0) is 50.6 Å². The molecule has 0 atom stereocenters. The lowest BCUT2D eigenvalue weighted by atomic mass is 10.0. The fourth-order valence-electron chi connectivity index (χ4n) is 2.30. The Balaban J connectivity index is 0.000000295. The van der Waals surface area contributed by atoms with Crippen molar-refractivity contribution in [1.29, 1.82) is 0 Å².